The van der Waals surface area contributed by atoms with E-state index in [0.29, 0.717) is 11.3 Å². The van der Waals surface area contributed by atoms with E-state index in [1.54, 1.807) is 43.3 Å². The Morgan fingerprint density at radius 2 is 1.81 bits per heavy atom. The third-order valence-electron chi connectivity index (χ3n) is 3.42. The highest BCUT2D eigenvalue weighted by molar-refractivity contribution is 5.91. The average molecular weight is 284 g/mol. The minimum atomic E-state index is -0.549. The number of aliphatic hydroxyl groups is 1. The lowest BCUT2D eigenvalue weighted by Gasteiger charge is -2.07. The molecule has 108 valence electrons. The summed E-state index contributed by atoms with van der Waals surface area (Å²) >= 11 is 0. The van der Waals surface area contributed by atoms with Crippen molar-refractivity contribution in [2.45, 2.75) is 19.1 Å². The standard InChI is InChI=1S/C17H16O4/c1-11(18)12-2-4-14(5-3-12)17(19)21-15-8-6-13(7-9-15)16-10-20-16/h2-9,11,16,18H,10H2,1H3. The summed E-state index contributed by atoms with van der Waals surface area (Å²) in [5.74, 6) is 0.0894. The van der Waals surface area contributed by atoms with Crippen LogP contribution < -0.4 is 4.74 Å². The van der Waals surface area contributed by atoms with Crippen LogP contribution in [0, 0.1) is 0 Å². The molecule has 4 nitrogen and oxygen atoms in total. The molecule has 1 N–H and O–H groups in total. The van der Waals surface area contributed by atoms with Crippen molar-refractivity contribution in [1.29, 1.82) is 0 Å². The van der Waals surface area contributed by atoms with Crippen molar-refractivity contribution in [3.8, 4) is 5.75 Å². The fraction of sp³-hybridized carbons (Fsp3) is 0.235. The zero-order valence-electron chi connectivity index (χ0n) is 11.7. The molecule has 0 aliphatic carbocycles. The smallest absolute Gasteiger partial charge is 0.343 e. The maximum Gasteiger partial charge on any atom is 0.343 e. The summed E-state index contributed by atoms with van der Waals surface area (Å²) in [6, 6.07) is 14.1. The lowest BCUT2D eigenvalue weighted by atomic mass is 10.1. The van der Waals surface area contributed by atoms with E-state index < -0.39 is 12.1 Å². The molecule has 2 unspecified atom stereocenters. The van der Waals surface area contributed by atoms with E-state index in [4.69, 9.17) is 9.47 Å². The van der Waals surface area contributed by atoms with Crippen LogP contribution in [0.1, 0.15) is 40.6 Å². The molecule has 1 saturated heterocycles. The fourth-order valence-electron chi connectivity index (χ4n) is 2.05. The van der Waals surface area contributed by atoms with Crippen LogP contribution in [0.15, 0.2) is 48.5 Å². The van der Waals surface area contributed by atoms with E-state index in [0.717, 1.165) is 17.7 Å². The first kappa shape index (κ1) is 13.8. The molecule has 2 aromatic rings. The summed E-state index contributed by atoms with van der Waals surface area (Å²) < 4.78 is 10.5. The molecule has 0 aromatic heterocycles. The number of carbonyl (C=O) groups is 1. The second kappa shape index (κ2) is 5.68. The summed E-state index contributed by atoms with van der Waals surface area (Å²) in [6.07, 6.45) is -0.352. The third kappa shape index (κ3) is 3.29. The van der Waals surface area contributed by atoms with E-state index in [-0.39, 0.29) is 6.10 Å². The molecule has 2 atom stereocenters. The number of benzene rings is 2. The van der Waals surface area contributed by atoms with E-state index >= 15 is 0 Å². The predicted octanol–water partition coefficient (Wildman–Crippen LogP) is 3.03. The van der Waals surface area contributed by atoms with Gasteiger partial charge in [0.05, 0.1) is 18.3 Å². The maximum atomic E-state index is 12.0. The van der Waals surface area contributed by atoms with E-state index in [1.165, 1.54) is 0 Å². The van der Waals surface area contributed by atoms with Gasteiger partial charge in [0.25, 0.3) is 0 Å². The predicted molar refractivity (Wildman–Crippen MR) is 77.2 cm³/mol. The van der Waals surface area contributed by atoms with Crippen LogP contribution in [-0.2, 0) is 4.74 Å². The fourth-order valence-corrected chi connectivity index (χ4v) is 2.05. The van der Waals surface area contributed by atoms with Gasteiger partial charge in [0.15, 0.2) is 0 Å². The first-order chi connectivity index (χ1) is 10.1. The summed E-state index contributed by atoms with van der Waals surface area (Å²) in [4.78, 5) is 12.0. The van der Waals surface area contributed by atoms with Crippen LogP contribution in [0.25, 0.3) is 0 Å². The lowest BCUT2D eigenvalue weighted by Crippen LogP contribution is -2.08. The van der Waals surface area contributed by atoms with Gasteiger partial charge in [0.1, 0.15) is 11.9 Å². The van der Waals surface area contributed by atoms with Gasteiger partial charge >= 0.3 is 5.97 Å². The van der Waals surface area contributed by atoms with Crippen molar-refractivity contribution in [1.82, 2.24) is 0 Å². The highest BCUT2D eigenvalue weighted by Gasteiger charge is 2.24. The van der Waals surface area contributed by atoms with Gasteiger partial charge in [-0.15, -0.1) is 0 Å². The third-order valence-corrected chi connectivity index (χ3v) is 3.42. The number of ether oxygens (including phenoxy) is 2. The second-order valence-electron chi connectivity index (χ2n) is 5.08. The zero-order valence-corrected chi connectivity index (χ0v) is 11.7. The van der Waals surface area contributed by atoms with Gasteiger partial charge in [-0.1, -0.05) is 24.3 Å². The topological polar surface area (TPSA) is 59.1 Å². The number of carbonyl (C=O) groups excluding carboxylic acids is 1. The number of aliphatic hydroxyl groups excluding tert-OH is 1. The molecule has 1 fully saturated rings. The van der Waals surface area contributed by atoms with Crippen molar-refractivity contribution in [3.05, 3.63) is 65.2 Å². The first-order valence-corrected chi connectivity index (χ1v) is 6.85. The van der Waals surface area contributed by atoms with E-state index in [1.807, 2.05) is 12.1 Å². The molecule has 0 radical (unpaired) electrons. The van der Waals surface area contributed by atoms with Crippen molar-refractivity contribution in [2.75, 3.05) is 6.61 Å². The average Bonchev–Trinajstić information content (AvgIpc) is 3.33. The molecular weight excluding hydrogens is 268 g/mol. The largest absolute Gasteiger partial charge is 0.423 e. The Morgan fingerprint density at radius 3 is 2.33 bits per heavy atom. The number of hydrogen-bond donors (Lipinski definition) is 1. The Balaban J connectivity index is 1.67. The molecule has 1 aliphatic rings. The molecular formula is C17H16O4. The Morgan fingerprint density at radius 1 is 1.19 bits per heavy atom. The number of esters is 1. The highest BCUT2D eigenvalue weighted by Crippen LogP contribution is 2.30. The van der Waals surface area contributed by atoms with Gasteiger partial charge in [0.2, 0.25) is 0 Å². The van der Waals surface area contributed by atoms with Crippen LogP contribution >= 0.6 is 0 Å². The monoisotopic (exact) mass is 284 g/mol. The van der Waals surface area contributed by atoms with Crippen molar-refractivity contribution in [3.63, 3.8) is 0 Å². The van der Waals surface area contributed by atoms with Crippen LogP contribution in [0.3, 0.4) is 0 Å². The van der Waals surface area contributed by atoms with Crippen molar-refractivity contribution < 1.29 is 19.4 Å². The number of hydrogen-bond acceptors (Lipinski definition) is 4. The van der Waals surface area contributed by atoms with E-state index in [2.05, 4.69) is 0 Å². The van der Waals surface area contributed by atoms with Crippen LogP contribution in [0.5, 0.6) is 5.75 Å². The van der Waals surface area contributed by atoms with Gasteiger partial charge < -0.3 is 14.6 Å². The summed E-state index contributed by atoms with van der Waals surface area (Å²) in [6.45, 7) is 2.44. The molecule has 21 heavy (non-hydrogen) atoms. The van der Waals surface area contributed by atoms with Crippen LogP contribution in [0.2, 0.25) is 0 Å². The second-order valence-corrected chi connectivity index (χ2v) is 5.08. The highest BCUT2D eigenvalue weighted by atomic mass is 16.6. The normalized spacial score (nSPS) is 18.1. The maximum absolute atomic E-state index is 12.0. The minimum Gasteiger partial charge on any atom is -0.423 e. The van der Waals surface area contributed by atoms with E-state index in [9.17, 15) is 9.90 Å². The first-order valence-electron chi connectivity index (χ1n) is 6.85. The number of epoxide rings is 1. The summed E-state index contributed by atoms with van der Waals surface area (Å²) in [5.41, 5.74) is 2.31. The molecule has 0 bridgehead atoms. The summed E-state index contributed by atoms with van der Waals surface area (Å²) in [5, 5.41) is 9.44. The molecule has 0 amide bonds. The Kier molecular flexibility index (Phi) is 3.73. The Labute approximate surface area is 122 Å². The number of rotatable bonds is 4. The van der Waals surface area contributed by atoms with Crippen molar-refractivity contribution >= 4 is 5.97 Å². The zero-order chi connectivity index (χ0) is 14.8. The minimum absolute atomic E-state index is 0.197. The SMILES string of the molecule is CC(O)c1ccc(C(=O)Oc2ccc(C3CO3)cc2)cc1. The molecule has 1 heterocycles. The van der Waals surface area contributed by atoms with Crippen LogP contribution in [-0.4, -0.2) is 17.7 Å². The Bertz CT molecular complexity index is 625. The molecule has 4 heteroatoms. The molecule has 3 rings (SSSR count). The summed E-state index contributed by atoms with van der Waals surface area (Å²) in [7, 11) is 0. The van der Waals surface area contributed by atoms with Crippen LogP contribution in [0.4, 0.5) is 0 Å². The van der Waals surface area contributed by atoms with Gasteiger partial charge in [-0.2, -0.15) is 0 Å². The van der Waals surface area contributed by atoms with Gasteiger partial charge in [-0.25, -0.2) is 4.79 Å². The lowest BCUT2D eigenvalue weighted by molar-refractivity contribution is 0.0734. The van der Waals surface area contributed by atoms with Gasteiger partial charge in [-0.3, -0.25) is 0 Å². The molecule has 0 spiro atoms. The molecule has 0 saturated carbocycles. The molecule has 1 aliphatic heterocycles. The van der Waals surface area contributed by atoms with Gasteiger partial charge in [-0.05, 0) is 42.3 Å². The van der Waals surface area contributed by atoms with Gasteiger partial charge in [0, 0.05) is 0 Å². The molecule has 2 aromatic carbocycles. The van der Waals surface area contributed by atoms with Crippen molar-refractivity contribution in [2.24, 2.45) is 0 Å². The Hall–Kier alpha value is -2.17. The quantitative estimate of drug-likeness (QED) is 0.532.